The van der Waals surface area contributed by atoms with E-state index in [2.05, 4.69) is 22.9 Å². The first-order chi connectivity index (χ1) is 7.47. The molecule has 0 aliphatic carbocycles. The molecule has 1 aromatic carbocycles. The average Bonchev–Trinajstić information content (AvgIpc) is 2.26. The summed E-state index contributed by atoms with van der Waals surface area (Å²) in [6.45, 7) is 6.11. The molecule has 0 heterocycles. The summed E-state index contributed by atoms with van der Waals surface area (Å²) in [7, 11) is 0. The van der Waals surface area contributed by atoms with Crippen molar-refractivity contribution in [2.24, 2.45) is 11.7 Å². The Balaban J connectivity index is 2.91. The lowest BCUT2D eigenvalue weighted by atomic mass is 9.91. The molecular formula is C13H20BrNO. The summed E-state index contributed by atoms with van der Waals surface area (Å²) in [4.78, 5) is 0. The van der Waals surface area contributed by atoms with Crippen LogP contribution in [0.4, 0.5) is 0 Å². The normalized spacial score (nSPS) is 16.9. The first-order valence-electron chi connectivity index (χ1n) is 5.67. The van der Waals surface area contributed by atoms with E-state index in [0.717, 1.165) is 16.5 Å². The second kappa shape index (κ2) is 5.80. The standard InChI is InChI=1S/C13H20BrNO/c1-4-9(3)13(16)12(15)10-6-5-8(2)7-11(10)14/h5-7,9,12-13,16H,4,15H2,1-3H3/t9?,12-,13+/m1/s1. The highest BCUT2D eigenvalue weighted by atomic mass is 79.9. The van der Waals surface area contributed by atoms with Gasteiger partial charge in [0.1, 0.15) is 0 Å². The van der Waals surface area contributed by atoms with Crippen molar-refractivity contribution in [2.75, 3.05) is 0 Å². The van der Waals surface area contributed by atoms with Gasteiger partial charge in [0.2, 0.25) is 0 Å². The van der Waals surface area contributed by atoms with Crippen LogP contribution in [-0.2, 0) is 0 Å². The number of nitrogens with two attached hydrogens (primary N) is 1. The van der Waals surface area contributed by atoms with Gasteiger partial charge in [-0.1, -0.05) is 48.3 Å². The number of benzene rings is 1. The zero-order chi connectivity index (χ0) is 12.3. The Morgan fingerprint density at radius 2 is 2.06 bits per heavy atom. The Bertz CT molecular complexity index is 354. The van der Waals surface area contributed by atoms with Gasteiger partial charge < -0.3 is 10.8 Å². The number of rotatable bonds is 4. The van der Waals surface area contributed by atoms with Crippen molar-refractivity contribution in [2.45, 2.75) is 39.3 Å². The predicted molar refractivity (Wildman–Crippen MR) is 71.3 cm³/mol. The van der Waals surface area contributed by atoms with E-state index in [4.69, 9.17) is 5.73 Å². The van der Waals surface area contributed by atoms with Gasteiger partial charge in [-0.25, -0.2) is 0 Å². The fraction of sp³-hybridized carbons (Fsp3) is 0.538. The molecule has 16 heavy (non-hydrogen) atoms. The summed E-state index contributed by atoms with van der Waals surface area (Å²) in [6.07, 6.45) is 0.433. The van der Waals surface area contributed by atoms with E-state index in [1.807, 2.05) is 32.0 Å². The lowest BCUT2D eigenvalue weighted by Crippen LogP contribution is -2.31. The molecule has 3 atom stereocenters. The van der Waals surface area contributed by atoms with Crippen LogP contribution in [-0.4, -0.2) is 11.2 Å². The van der Waals surface area contributed by atoms with Crippen molar-refractivity contribution in [3.05, 3.63) is 33.8 Å². The Labute approximate surface area is 106 Å². The molecule has 0 aliphatic heterocycles. The number of aryl methyl sites for hydroxylation is 1. The lowest BCUT2D eigenvalue weighted by Gasteiger charge is -2.25. The van der Waals surface area contributed by atoms with Gasteiger partial charge in [-0.3, -0.25) is 0 Å². The minimum atomic E-state index is -0.496. The van der Waals surface area contributed by atoms with Gasteiger partial charge in [-0.15, -0.1) is 0 Å². The SMILES string of the molecule is CCC(C)[C@H](O)[C@H](N)c1ccc(C)cc1Br. The van der Waals surface area contributed by atoms with Gasteiger partial charge in [0.15, 0.2) is 0 Å². The zero-order valence-electron chi connectivity index (χ0n) is 10.1. The van der Waals surface area contributed by atoms with Crippen molar-refractivity contribution in [1.82, 2.24) is 0 Å². The zero-order valence-corrected chi connectivity index (χ0v) is 11.7. The summed E-state index contributed by atoms with van der Waals surface area (Å²) in [5.74, 6) is 0.211. The smallest absolute Gasteiger partial charge is 0.0758 e. The minimum Gasteiger partial charge on any atom is -0.391 e. The van der Waals surface area contributed by atoms with Crippen LogP contribution in [0.1, 0.15) is 37.4 Å². The number of hydrogen-bond acceptors (Lipinski definition) is 2. The summed E-state index contributed by atoms with van der Waals surface area (Å²) >= 11 is 3.50. The third kappa shape index (κ3) is 3.06. The molecule has 0 fully saturated rings. The van der Waals surface area contributed by atoms with Gasteiger partial charge in [0, 0.05) is 4.47 Å². The van der Waals surface area contributed by atoms with Crippen LogP contribution in [0.5, 0.6) is 0 Å². The molecule has 2 nitrogen and oxygen atoms in total. The fourth-order valence-electron chi connectivity index (χ4n) is 1.68. The Morgan fingerprint density at radius 1 is 1.44 bits per heavy atom. The minimum absolute atomic E-state index is 0.211. The molecule has 1 unspecified atom stereocenters. The third-order valence-electron chi connectivity index (χ3n) is 3.11. The largest absolute Gasteiger partial charge is 0.391 e. The first kappa shape index (κ1) is 13.7. The summed E-state index contributed by atoms with van der Waals surface area (Å²) < 4.78 is 0.974. The van der Waals surface area contributed by atoms with Crippen molar-refractivity contribution < 1.29 is 5.11 Å². The molecule has 1 rings (SSSR count). The topological polar surface area (TPSA) is 46.2 Å². The third-order valence-corrected chi connectivity index (χ3v) is 3.80. The van der Waals surface area contributed by atoms with Gasteiger partial charge in [0.25, 0.3) is 0 Å². The highest BCUT2D eigenvalue weighted by molar-refractivity contribution is 9.10. The van der Waals surface area contributed by atoms with E-state index < -0.39 is 6.10 Å². The Morgan fingerprint density at radius 3 is 2.56 bits per heavy atom. The molecular weight excluding hydrogens is 266 g/mol. The molecule has 0 saturated carbocycles. The molecule has 0 spiro atoms. The van der Waals surface area contributed by atoms with E-state index in [-0.39, 0.29) is 12.0 Å². The Kier molecular flexibility index (Phi) is 4.96. The molecule has 3 heteroatoms. The number of hydrogen-bond donors (Lipinski definition) is 2. The highest BCUT2D eigenvalue weighted by Gasteiger charge is 2.23. The molecule has 0 amide bonds. The van der Waals surface area contributed by atoms with E-state index >= 15 is 0 Å². The second-order valence-corrected chi connectivity index (χ2v) is 5.28. The second-order valence-electron chi connectivity index (χ2n) is 4.43. The van der Waals surface area contributed by atoms with Gasteiger partial charge in [-0.05, 0) is 30.0 Å². The lowest BCUT2D eigenvalue weighted by molar-refractivity contribution is 0.0877. The molecule has 0 aliphatic rings. The van der Waals surface area contributed by atoms with E-state index in [9.17, 15) is 5.11 Å². The van der Waals surface area contributed by atoms with Gasteiger partial charge in [0.05, 0.1) is 12.1 Å². The van der Waals surface area contributed by atoms with Crippen molar-refractivity contribution in [1.29, 1.82) is 0 Å². The van der Waals surface area contributed by atoms with Crippen LogP contribution >= 0.6 is 15.9 Å². The van der Waals surface area contributed by atoms with E-state index in [1.165, 1.54) is 5.56 Å². The fourth-order valence-corrected chi connectivity index (χ4v) is 2.44. The quantitative estimate of drug-likeness (QED) is 0.893. The van der Waals surface area contributed by atoms with Crippen LogP contribution in [0.15, 0.2) is 22.7 Å². The molecule has 90 valence electrons. The van der Waals surface area contributed by atoms with E-state index in [1.54, 1.807) is 0 Å². The summed E-state index contributed by atoms with van der Waals surface area (Å²) in [5, 5.41) is 10.1. The number of aliphatic hydroxyl groups is 1. The number of halogens is 1. The molecule has 3 N–H and O–H groups in total. The maximum absolute atomic E-state index is 10.1. The van der Waals surface area contributed by atoms with Crippen molar-refractivity contribution in [3.8, 4) is 0 Å². The van der Waals surface area contributed by atoms with Gasteiger partial charge in [-0.2, -0.15) is 0 Å². The molecule has 1 aromatic rings. The predicted octanol–water partition coefficient (Wildman–Crippen LogP) is 3.16. The van der Waals surface area contributed by atoms with Crippen LogP contribution < -0.4 is 5.73 Å². The monoisotopic (exact) mass is 285 g/mol. The summed E-state index contributed by atoms with van der Waals surface area (Å²) in [6, 6.07) is 5.70. The molecule has 0 radical (unpaired) electrons. The van der Waals surface area contributed by atoms with Crippen LogP contribution in [0.2, 0.25) is 0 Å². The number of aliphatic hydroxyl groups excluding tert-OH is 1. The Hall–Kier alpha value is -0.380. The first-order valence-corrected chi connectivity index (χ1v) is 6.46. The summed E-state index contributed by atoms with van der Waals surface area (Å²) in [5.41, 5.74) is 8.24. The molecule has 0 bridgehead atoms. The van der Waals surface area contributed by atoms with Crippen LogP contribution in [0.3, 0.4) is 0 Å². The maximum atomic E-state index is 10.1. The average molecular weight is 286 g/mol. The van der Waals surface area contributed by atoms with E-state index in [0.29, 0.717) is 0 Å². The molecule has 0 aromatic heterocycles. The van der Waals surface area contributed by atoms with Crippen LogP contribution in [0.25, 0.3) is 0 Å². The van der Waals surface area contributed by atoms with Crippen molar-refractivity contribution in [3.63, 3.8) is 0 Å². The maximum Gasteiger partial charge on any atom is 0.0758 e. The van der Waals surface area contributed by atoms with Crippen molar-refractivity contribution >= 4 is 15.9 Å². The molecule has 0 saturated heterocycles. The van der Waals surface area contributed by atoms with Gasteiger partial charge >= 0.3 is 0 Å². The highest BCUT2D eigenvalue weighted by Crippen LogP contribution is 2.28. The van der Waals surface area contributed by atoms with Crippen LogP contribution in [0, 0.1) is 12.8 Å².